The van der Waals surface area contributed by atoms with E-state index >= 15 is 0 Å². The van der Waals surface area contributed by atoms with Crippen molar-refractivity contribution >= 4 is 45.5 Å². The van der Waals surface area contributed by atoms with Gasteiger partial charge in [0.25, 0.3) is 0 Å². The van der Waals surface area contributed by atoms with Gasteiger partial charge in [0.15, 0.2) is 0 Å². The molecule has 0 aliphatic carbocycles. The van der Waals surface area contributed by atoms with Crippen molar-refractivity contribution in [1.82, 2.24) is 0 Å². The van der Waals surface area contributed by atoms with Gasteiger partial charge < -0.3 is 0 Å². The molecule has 0 spiro atoms. The summed E-state index contributed by atoms with van der Waals surface area (Å²) in [5, 5.41) is 0. The molecule has 0 aromatic rings. The number of hydrogen-bond acceptors (Lipinski definition) is 4. The van der Waals surface area contributed by atoms with Crippen molar-refractivity contribution in [3.05, 3.63) is 0 Å². The minimum atomic E-state index is -6.00. The molecular formula is CuO4SrTi. The summed E-state index contributed by atoms with van der Waals surface area (Å²) >= 11 is -6.00. The molecule has 0 atom stereocenters. The van der Waals surface area contributed by atoms with Gasteiger partial charge in [0.1, 0.15) is 0 Å². The zero-order valence-electron chi connectivity index (χ0n) is 3.14. The summed E-state index contributed by atoms with van der Waals surface area (Å²) in [6, 6.07) is 0. The summed E-state index contributed by atoms with van der Waals surface area (Å²) in [6.07, 6.45) is 0. The number of rotatable bonds is 0. The summed E-state index contributed by atoms with van der Waals surface area (Å²) in [4.78, 5) is 0. The molecule has 0 amide bonds. The zero-order valence-corrected chi connectivity index (χ0v) is 9.12. The molecule has 0 saturated heterocycles. The van der Waals surface area contributed by atoms with E-state index in [0.29, 0.717) is 0 Å². The molecule has 7 heteroatoms. The second-order valence-corrected chi connectivity index (χ2v) is 2.06. The smallest absolute Gasteiger partial charge is 2.00 e. The first-order valence-corrected chi connectivity index (χ1v) is 3.37. The Kier molecular flexibility index (Phi) is 15.5. The van der Waals surface area contributed by atoms with Gasteiger partial charge in [0.05, 0.1) is 0 Å². The van der Waals surface area contributed by atoms with Crippen LogP contribution in [0, 0.1) is 0 Å². The average Bonchev–Trinajstić information content (AvgIpc) is 0.722. The second kappa shape index (κ2) is 6.67. The summed E-state index contributed by atoms with van der Waals surface area (Å²) < 4.78 is 34.5. The molecule has 7 heavy (non-hydrogen) atoms. The van der Waals surface area contributed by atoms with Gasteiger partial charge in [-0.3, -0.25) is 0 Å². The Morgan fingerprint density at radius 1 is 0.857 bits per heavy atom. The largest absolute Gasteiger partial charge is 2.00 e. The molecule has 0 heterocycles. The van der Waals surface area contributed by atoms with Gasteiger partial charge >= 0.3 is 95.4 Å². The third kappa shape index (κ3) is 56.3. The standard InChI is InChI=1S/Cu.4O.Sr.Ti/q+2;4*-1;+2;. The van der Waals surface area contributed by atoms with E-state index in [1.165, 1.54) is 0 Å². The van der Waals surface area contributed by atoms with Crippen LogP contribution in [-0.2, 0) is 35.2 Å². The van der Waals surface area contributed by atoms with Gasteiger partial charge in [-0.2, -0.15) is 0 Å². The van der Waals surface area contributed by atoms with Crippen molar-refractivity contribution in [2.24, 2.45) is 0 Å². The third-order valence-electron chi connectivity index (χ3n) is 0. The van der Waals surface area contributed by atoms with Crippen LogP contribution in [0.4, 0.5) is 0 Å². The molecule has 41 valence electrons. The Balaban J connectivity index is -0.0000000800. The van der Waals surface area contributed by atoms with E-state index in [9.17, 15) is 0 Å². The molecule has 0 aliphatic rings. The van der Waals surface area contributed by atoms with Gasteiger partial charge in [-0.05, 0) is 0 Å². The quantitative estimate of drug-likeness (QED) is 0.408. The fraction of sp³-hybridized carbons (Fsp3) is 0. The molecule has 0 unspecified atom stereocenters. The molecule has 0 aromatic heterocycles. The fourth-order valence-electron chi connectivity index (χ4n) is 0. The predicted molar refractivity (Wildman–Crippen MR) is 5.75 cm³/mol. The summed E-state index contributed by atoms with van der Waals surface area (Å²) in [6.45, 7) is 0. The number of hydrogen-bond donors (Lipinski definition) is 0. The maximum Gasteiger partial charge on any atom is 2.00 e. The molecule has 0 bridgehead atoms. The van der Waals surface area contributed by atoms with Crippen LogP contribution in [0.3, 0.4) is 0 Å². The molecule has 4 nitrogen and oxygen atoms in total. The van der Waals surface area contributed by atoms with E-state index in [4.69, 9.17) is 14.8 Å². The van der Waals surface area contributed by atoms with E-state index in [-0.39, 0.29) is 62.6 Å². The van der Waals surface area contributed by atoms with Crippen molar-refractivity contribution in [3.63, 3.8) is 0 Å². The van der Waals surface area contributed by atoms with Crippen LogP contribution in [0.5, 0.6) is 0 Å². The Hall–Kier alpha value is 2.55. The van der Waals surface area contributed by atoms with E-state index in [0.717, 1.165) is 0 Å². The maximum absolute atomic E-state index is 8.62. The van der Waals surface area contributed by atoms with Crippen LogP contribution in [0.25, 0.3) is 0 Å². The monoisotopic (exact) mass is 263 g/mol. The zero-order chi connectivity index (χ0) is 4.50. The second-order valence-electron chi connectivity index (χ2n) is 0.500. The molecule has 0 N–H and O–H groups in total. The van der Waals surface area contributed by atoms with Gasteiger partial charge in [-0.15, -0.1) is 0 Å². The molecule has 0 aliphatic heterocycles. The van der Waals surface area contributed by atoms with Gasteiger partial charge in [0, 0.05) is 0 Å². The Morgan fingerprint density at radius 3 is 0.857 bits per heavy atom. The molecular weight excluding hydrogens is 263 g/mol. The van der Waals surface area contributed by atoms with E-state index in [2.05, 4.69) is 0 Å². The first-order valence-electron chi connectivity index (χ1n) is 0.816. The van der Waals surface area contributed by atoms with Crippen molar-refractivity contribution in [1.29, 1.82) is 0 Å². The van der Waals surface area contributed by atoms with Crippen molar-refractivity contribution in [2.75, 3.05) is 0 Å². The SMILES string of the molecule is [Cu+2].[O-][Ti]([O-])([O-])[O-].[Sr+2]. The first kappa shape index (κ1) is 16.3. The van der Waals surface area contributed by atoms with Crippen molar-refractivity contribution in [2.45, 2.75) is 0 Å². The molecule has 0 aromatic carbocycles. The van der Waals surface area contributed by atoms with Gasteiger partial charge in [0.2, 0.25) is 0 Å². The minimum Gasteiger partial charge on any atom is 2.00 e. The van der Waals surface area contributed by atoms with Crippen LogP contribution in [0.15, 0.2) is 0 Å². The van der Waals surface area contributed by atoms with E-state index < -0.39 is 18.1 Å². The van der Waals surface area contributed by atoms with E-state index in [1.54, 1.807) is 0 Å². The normalized spacial score (nSPS) is 8.57. The van der Waals surface area contributed by atoms with Gasteiger partial charge in [-0.25, -0.2) is 0 Å². The Labute approximate surface area is 93.6 Å². The van der Waals surface area contributed by atoms with E-state index in [1.807, 2.05) is 0 Å². The summed E-state index contributed by atoms with van der Waals surface area (Å²) in [5.74, 6) is 0. The van der Waals surface area contributed by atoms with Crippen LogP contribution in [0.1, 0.15) is 0 Å². The van der Waals surface area contributed by atoms with Crippen LogP contribution in [-0.4, -0.2) is 45.5 Å². The van der Waals surface area contributed by atoms with Gasteiger partial charge in [-0.1, -0.05) is 0 Å². The maximum atomic E-state index is 8.62. The molecule has 0 saturated carbocycles. The molecule has 0 fully saturated rings. The Bertz CT molecular complexity index is 27.2. The van der Waals surface area contributed by atoms with Crippen LogP contribution >= 0.6 is 0 Å². The van der Waals surface area contributed by atoms with Crippen molar-refractivity contribution in [3.8, 4) is 0 Å². The van der Waals surface area contributed by atoms with Crippen LogP contribution in [0.2, 0.25) is 0 Å². The van der Waals surface area contributed by atoms with Crippen molar-refractivity contribution < 1.29 is 50.0 Å². The van der Waals surface area contributed by atoms with Crippen LogP contribution < -0.4 is 14.8 Å². The Morgan fingerprint density at radius 2 is 0.857 bits per heavy atom. The summed E-state index contributed by atoms with van der Waals surface area (Å²) in [7, 11) is 0. The minimum absolute atomic E-state index is 0. The fourth-order valence-corrected chi connectivity index (χ4v) is 0. The average molecular weight is 263 g/mol. The third-order valence-corrected chi connectivity index (χ3v) is 0. The summed E-state index contributed by atoms with van der Waals surface area (Å²) in [5.41, 5.74) is 0. The topological polar surface area (TPSA) is 92.2 Å². The predicted octanol–water partition coefficient (Wildman–Crippen LogP) is -5.14. The first-order chi connectivity index (χ1) is 2.00. The molecule has 1 radical (unpaired) electrons. The molecule has 0 rings (SSSR count).